The average molecular weight is 357 g/mol. The van der Waals surface area contributed by atoms with Gasteiger partial charge in [-0.15, -0.1) is 0 Å². The molecule has 1 fully saturated rings. The number of rotatable bonds is 7. The van der Waals surface area contributed by atoms with Crippen molar-refractivity contribution in [1.82, 2.24) is 25.0 Å². The Morgan fingerprint density at radius 1 is 1.38 bits per heavy atom. The summed E-state index contributed by atoms with van der Waals surface area (Å²) < 4.78 is 6.71. The van der Waals surface area contributed by atoms with Crippen LogP contribution in [-0.2, 0) is 20.9 Å². The third kappa shape index (κ3) is 4.26. The zero-order valence-electron chi connectivity index (χ0n) is 14.8. The predicted octanol–water partition coefficient (Wildman–Crippen LogP) is 0.768. The van der Waals surface area contributed by atoms with Crippen molar-refractivity contribution in [2.24, 2.45) is 5.92 Å². The Morgan fingerprint density at radius 3 is 3.00 bits per heavy atom. The lowest BCUT2D eigenvalue weighted by atomic mass is 9.96. The first-order valence-corrected chi connectivity index (χ1v) is 8.66. The van der Waals surface area contributed by atoms with Gasteiger partial charge in [0.05, 0.1) is 18.2 Å². The van der Waals surface area contributed by atoms with Crippen LogP contribution in [-0.4, -0.2) is 58.3 Å². The number of piperidine rings is 1. The Balaban J connectivity index is 1.60. The van der Waals surface area contributed by atoms with Crippen LogP contribution >= 0.6 is 0 Å². The molecule has 1 aliphatic heterocycles. The highest BCUT2D eigenvalue weighted by Crippen LogP contribution is 2.18. The molecule has 8 heteroatoms. The molecule has 1 atom stereocenters. The minimum atomic E-state index is -0.192. The Kier molecular flexibility index (Phi) is 5.96. The second-order valence-corrected chi connectivity index (χ2v) is 6.25. The van der Waals surface area contributed by atoms with E-state index in [0.717, 1.165) is 11.3 Å². The summed E-state index contributed by atoms with van der Waals surface area (Å²) in [6, 6.07) is 7.73. The normalized spacial score (nSPS) is 17.3. The number of nitrogens with one attached hydrogen (secondary N) is 1. The van der Waals surface area contributed by atoms with Gasteiger partial charge in [0.1, 0.15) is 12.7 Å². The van der Waals surface area contributed by atoms with Crippen molar-refractivity contribution in [1.29, 1.82) is 0 Å². The maximum Gasteiger partial charge on any atom is 0.225 e. The fourth-order valence-corrected chi connectivity index (χ4v) is 3.09. The quantitative estimate of drug-likeness (QED) is 0.791. The van der Waals surface area contributed by atoms with Crippen molar-refractivity contribution in [2.45, 2.75) is 19.4 Å². The van der Waals surface area contributed by atoms with Crippen molar-refractivity contribution >= 4 is 11.8 Å². The second-order valence-electron chi connectivity index (χ2n) is 6.25. The minimum absolute atomic E-state index is 0.0340. The lowest BCUT2D eigenvalue weighted by molar-refractivity contribution is -0.138. The van der Waals surface area contributed by atoms with E-state index >= 15 is 0 Å². The first-order chi connectivity index (χ1) is 12.7. The number of carbonyl (C=O) groups is 2. The molecule has 138 valence electrons. The van der Waals surface area contributed by atoms with Crippen LogP contribution in [0.1, 0.15) is 18.4 Å². The molecule has 0 spiro atoms. The SMILES string of the molecule is COCCN1C[C@@H](C(=O)NCc2ccccc2-n2cncn2)CCC1=O. The Hall–Kier alpha value is -2.74. The molecule has 0 bridgehead atoms. The van der Waals surface area contributed by atoms with Gasteiger partial charge in [0.25, 0.3) is 0 Å². The van der Waals surface area contributed by atoms with E-state index in [0.29, 0.717) is 39.1 Å². The summed E-state index contributed by atoms with van der Waals surface area (Å²) in [4.78, 5) is 30.2. The molecule has 2 amide bonds. The molecule has 1 aromatic carbocycles. The summed E-state index contributed by atoms with van der Waals surface area (Å²) in [7, 11) is 1.60. The van der Waals surface area contributed by atoms with E-state index in [1.807, 2.05) is 24.3 Å². The second kappa shape index (κ2) is 8.57. The van der Waals surface area contributed by atoms with Gasteiger partial charge in [0.2, 0.25) is 11.8 Å². The van der Waals surface area contributed by atoms with Gasteiger partial charge in [-0.1, -0.05) is 18.2 Å². The molecule has 26 heavy (non-hydrogen) atoms. The van der Waals surface area contributed by atoms with E-state index in [2.05, 4.69) is 15.4 Å². The zero-order valence-corrected chi connectivity index (χ0v) is 14.8. The molecule has 3 rings (SSSR count). The summed E-state index contributed by atoms with van der Waals surface area (Å²) >= 11 is 0. The van der Waals surface area contributed by atoms with Crippen molar-refractivity contribution in [3.8, 4) is 5.69 Å². The maximum absolute atomic E-state index is 12.6. The van der Waals surface area contributed by atoms with Gasteiger partial charge >= 0.3 is 0 Å². The van der Waals surface area contributed by atoms with Crippen molar-refractivity contribution < 1.29 is 14.3 Å². The number of para-hydroxylation sites is 1. The van der Waals surface area contributed by atoms with Crippen LogP contribution < -0.4 is 5.32 Å². The molecule has 0 unspecified atom stereocenters. The van der Waals surface area contributed by atoms with Gasteiger partial charge < -0.3 is 15.0 Å². The molecular weight excluding hydrogens is 334 g/mol. The Morgan fingerprint density at radius 2 is 2.23 bits per heavy atom. The molecule has 1 N–H and O–H groups in total. The summed E-state index contributed by atoms with van der Waals surface area (Å²) in [5, 5.41) is 7.14. The van der Waals surface area contributed by atoms with E-state index in [1.54, 1.807) is 23.0 Å². The first kappa shape index (κ1) is 18.1. The third-order valence-corrected chi connectivity index (χ3v) is 4.55. The Bertz CT molecular complexity index is 747. The largest absolute Gasteiger partial charge is 0.383 e. The highest BCUT2D eigenvalue weighted by Gasteiger charge is 2.29. The zero-order chi connectivity index (χ0) is 18.4. The molecule has 0 aliphatic carbocycles. The van der Waals surface area contributed by atoms with E-state index in [-0.39, 0.29) is 17.7 Å². The van der Waals surface area contributed by atoms with Gasteiger partial charge in [-0.25, -0.2) is 9.67 Å². The predicted molar refractivity (Wildman–Crippen MR) is 94.4 cm³/mol. The molecule has 8 nitrogen and oxygen atoms in total. The van der Waals surface area contributed by atoms with Gasteiger partial charge in [-0.3, -0.25) is 9.59 Å². The number of amides is 2. The lowest BCUT2D eigenvalue weighted by Crippen LogP contribution is -2.46. The topological polar surface area (TPSA) is 89.3 Å². The van der Waals surface area contributed by atoms with Gasteiger partial charge in [-0.2, -0.15) is 5.10 Å². The molecular formula is C18H23N5O3. The van der Waals surface area contributed by atoms with Crippen LogP contribution in [0.5, 0.6) is 0 Å². The van der Waals surface area contributed by atoms with Crippen LogP contribution in [0, 0.1) is 5.92 Å². The smallest absolute Gasteiger partial charge is 0.225 e. The van der Waals surface area contributed by atoms with Crippen molar-refractivity contribution in [3.63, 3.8) is 0 Å². The van der Waals surface area contributed by atoms with E-state index in [9.17, 15) is 9.59 Å². The van der Waals surface area contributed by atoms with Gasteiger partial charge in [-0.05, 0) is 18.1 Å². The van der Waals surface area contributed by atoms with E-state index in [4.69, 9.17) is 4.74 Å². The number of hydrogen-bond acceptors (Lipinski definition) is 5. The fraction of sp³-hybridized carbons (Fsp3) is 0.444. The monoisotopic (exact) mass is 357 g/mol. The highest BCUT2D eigenvalue weighted by molar-refractivity contribution is 5.83. The molecule has 1 aromatic heterocycles. The van der Waals surface area contributed by atoms with E-state index < -0.39 is 0 Å². The van der Waals surface area contributed by atoms with Gasteiger partial charge in [0, 0.05) is 33.2 Å². The minimum Gasteiger partial charge on any atom is -0.383 e. The van der Waals surface area contributed by atoms with Crippen LogP contribution in [0.2, 0.25) is 0 Å². The standard InChI is InChI=1S/C18H23N5O3/c1-26-9-8-22-11-15(6-7-17(22)24)18(25)20-10-14-4-2-3-5-16(14)23-13-19-12-21-23/h2-5,12-13,15H,6-11H2,1H3,(H,20,25)/t15-/m0/s1. The number of aromatic nitrogens is 3. The van der Waals surface area contributed by atoms with Crippen LogP contribution in [0.15, 0.2) is 36.9 Å². The first-order valence-electron chi connectivity index (χ1n) is 8.66. The lowest BCUT2D eigenvalue weighted by Gasteiger charge is -2.31. The summed E-state index contributed by atoms with van der Waals surface area (Å²) in [5.41, 5.74) is 1.83. The number of methoxy groups -OCH3 is 1. The molecule has 1 aliphatic rings. The number of likely N-dealkylation sites (tertiary alicyclic amines) is 1. The van der Waals surface area contributed by atoms with Crippen LogP contribution in [0.3, 0.4) is 0 Å². The number of hydrogen-bond donors (Lipinski definition) is 1. The summed E-state index contributed by atoms with van der Waals surface area (Å²) in [5.74, 6) is -0.140. The number of benzene rings is 1. The molecule has 0 saturated carbocycles. The Labute approximate surface area is 152 Å². The number of ether oxygens (including phenoxy) is 1. The molecule has 2 aromatic rings. The highest BCUT2D eigenvalue weighted by atomic mass is 16.5. The summed E-state index contributed by atoms with van der Waals surface area (Å²) in [6.45, 7) is 1.84. The molecule has 0 radical (unpaired) electrons. The van der Waals surface area contributed by atoms with Crippen molar-refractivity contribution in [3.05, 3.63) is 42.5 Å². The van der Waals surface area contributed by atoms with Gasteiger partial charge in [0.15, 0.2) is 0 Å². The maximum atomic E-state index is 12.6. The van der Waals surface area contributed by atoms with E-state index in [1.165, 1.54) is 6.33 Å². The van der Waals surface area contributed by atoms with Crippen molar-refractivity contribution in [2.75, 3.05) is 26.8 Å². The average Bonchev–Trinajstić information content (AvgIpc) is 3.20. The number of nitrogens with zero attached hydrogens (tertiary/aromatic N) is 4. The molecule has 2 heterocycles. The van der Waals surface area contributed by atoms with Crippen LogP contribution in [0.25, 0.3) is 5.69 Å². The molecule has 1 saturated heterocycles. The van der Waals surface area contributed by atoms with Crippen LogP contribution in [0.4, 0.5) is 0 Å². The number of carbonyl (C=O) groups excluding carboxylic acids is 2. The third-order valence-electron chi connectivity index (χ3n) is 4.55. The summed E-state index contributed by atoms with van der Waals surface area (Å²) in [6.07, 6.45) is 4.08. The fourth-order valence-electron chi connectivity index (χ4n) is 3.09.